The Labute approximate surface area is 109 Å². The second-order valence-corrected chi connectivity index (χ2v) is 3.80. The molecule has 5 nitrogen and oxygen atoms in total. The van der Waals surface area contributed by atoms with Crippen molar-refractivity contribution >= 4 is 17.3 Å². The number of rotatable bonds is 3. The predicted octanol–water partition coefficient (Wildman–Crippen LogP) is 3.56. The number of nitrogens with zero attached hydrogens (tertiary/aromatic N) is 2. The largest absolute Gasteiger partial charge is 0.507 e. The number of benzene rings is 2. The molecule has 0 fully saturated rings. The summed E-state index contributed by atoms with van der Waals surface area (Å²) in [5.41, 5.74) is 1.34. The highest BCUT2D eigenvalue weighted by Crippen LogP contribution is 2.25. The minimum atomic E-state index is -1.22. The van der Waals surface area contributed by atoms with Gasteiger partial charge in [0.1, 0.15) is 11.3 Å². The Morgan fingerprint density at radius 1 is 1.00 bits per heavy atom. The maximum Gasteiger partial charge on any atom is 0.339 e. The summed E-state index contributed by atoms with van der Waals surface area (Å²) >= 11 is 0. The molecule has 0 aliphatic rings. The summed E-state index contributed by atoms with van der Waals surface area (Å²) < 4.78 is 0. The Hall–Kier alpha value is -2.69. The molecule has 2 N–H and O–H groups in total. The summed E-state index contributed by atoms with van der Waals surface area (Å²) in [4.78, 5) is 10.8. The lowest BCUT2D eigenvalue weighted by Crippen LogP contribution is -1.95. The van der Waals surface area contributed by atoms with E-state index in [0.29, 0.717) is 16.9 Å². The summed E-state index contributed by atoms with van der Waals surface area (Å²) in [6, 6.07) is 10.7. The molecule has 19 heavy (non-hydrogen) atoms. The van der Waals surface area contributed by atoms with Gasteiger partial charge in [-0.2, -0.15) is 10.2 Å². The van der Waals surface area contributed by atoms with Crippen LogP contribution in [0.5, 0.6) is 5.75 Å². The van der Waals surface area contributed by atoms with E-state index in [0.717, 1.165) is 0 Å². The highest BCUT2D eigenvalue weighted by atomic mass is 16.4. The topological polar surface area (TPSA) is 82.2 Å². The van der Waals surface area contributed by atoms with Crippen molar-refractivity contribution in [2.75, 3.05) is 0 Å². The lowest BCUT2D eigenvalue weighted by Gasteiger charge is -2.00. The number of hydrogen-bond donors (Lipinski definition) is 2. The van der Waals surface area contributed by atoms with Gasteiger partial charge in [-0.3, -0.25) is 0 Å². The lowest BCUT2D eigenvalue weighted by molar-refractivity contribution is 0.0694. The zero-order valence-electron chi connectivity index (χ0n) is 9.82. The highest BCUT2D eigenvalue weighted by molar-refractivity contribution is 5.91. The Morgan fingerprint density at radius 3 is 2.21 bits per heavy atom. The fraction of sp³-hybridized carbons (Fsp3) is 0. The Balaban J connectivity index is 2.26. The minimum absolute atomic E-state index is 0.214. The first-order valence-corrected chi connectivity index (χ1v) is 5.40. The number of carbonyl (C=O) groups is 1. The predicted molar refractivity (Wildman–Crippen MR) is 69.1 cm³/mol. The minimum Gasteiger partial charge on any atom is -0.507 e. The molecular weight excluding hydrogens is 244 g/mol. The molecule has 0 heterocycles. The normalized spacial score (nSPS) is 10.8. The number of hydrogen-bond acceptors (Lipinski definition) is 4. The van der Waals surface area contributed by atoms with Gasteiger partial charge >= 0.3 is 5.97 Å². The van der Waals surface area contributed by atoms with E-state index in [4.69, 9.17) is 12.0 Å². The molecule has 0 saturated carbocycles. The lowest BCUT2D eigenvalue weighted by atomic mass is 10.2. The summed E-state index contributed by atoms with van der Waals surface area (Å²) in [5, 5.41) is 26.1. The summed E-state index contributed by atoms with van der Waals surface area (Å²) in [6.45, 7) is 5.54. The Bertz CT molecular complexity index is 634. The fourth-order valence-corrected chi connectivity index (χ4v) is 1.41. The number of carboxylic acid groups (broad SMARTS) is 1. The van der Waals surface area contributed by atoms with Crippen LogP contribution in [0.1, 0.15) is 15.9 Å². The first kappa shape index (κ1) is 12.8. The van der Waals surface area contributed by atoms with Gasteiger partial charge in [-0.05, 0) is 42.8 Å². The van der Waals surface area contributed by atoms with Crippen molar-refractivity contribution in [2.45, 2.75) is 0 Å². The second kappa shape index (κ2) is 5.30. The van der Waals surface area contributed by atoms with Crippen molar-refractivity contribution in [3.63, 3.8) is 0 Å². The van der Waals surface area contributed by atoms with E-state index in [1.54, 1.807) is 24.3 Å². The standard InChI is InChI=1S/C14H10N2O3/c1-9-2-4-10(5-3-9)15-16-11-6-7-13(17)12(8-11)14(18)19/h1-8,17H,(H,18,19). The van der Waals surface area contributed by atoms with E-state index in [9.17, 15) is 9.90 Å². The number of aromatic hydroxyl groups is 1. The molecule has 2 aromatic carbocycles. The van der Waals surface area contributed by atoms with E-state index in [1.807, 2.05) is 0 Å². The van der Waals surface area contributed by atoms with Crippen LogP contribution in [-0.4, -0.2) is 16.2 Å². The molecule has 2 rings (SSSR count). The molecule has 0 spiro atoms. The van der Waals surface area contributed by atoms with Crippen molar-refractivity contribution in [3.05, 3.63) is 60.5 Å². The van der Waals surface area contributed by atoms with Gasteiger partial charge in [0.05, 0.1) is 11.4 Å². The molecule has 0 saturated heterocycles. The third-order valence-corrected chi connectivity index (χ3v) is 2.38. The van der Waals surface area contributed by atoms with Crippen LogP contribution in [0.15, 0.2) is 52.7 Å². The zero-order chi connectivity index (χ0) is 13.8. The third kappa shape index (κ3) is 3.16. The van der Waals surface area contributed by atoms with Crippen LogP contribution in [0.3, 0.4) is 0 Å². The van der Waals surface area contributed by atoms with E-state index in [-0.39, 0.29) is 11.3 Å². The molecule has 0 atom stereocenters. The van der Waals surface area contributed by atoms with Crippen LogP contribution in [0.4, 0.5) is 11.4 Å². The van der Waals surface area contributed by atoms with Crippen molar-refractivity contribution in [3.8, 4) is 5.75 Å². The zero-order valence-corrected chi connectivity index (χ0v) is 9.82. The molecule has 0 amide bonds. The van der Waals surface area contributed by atoms with Crippen molar-refractivity contribution in [2.24, 2.45) is 10.2 Å². The van der Waals surface area contributed by atoms with Crippen molar-refractivity contribution in [1.82, 2.24) is 0 Å². The molecule has 2 aromatic rings. The highest BCUT2D eigenvalue weighted by Gasteiger charge is 2.09. The first-order chi connectivity index (χ1) is 9.06. The number of azo groups is 1. The Kier molecular flexibility index (Phi) is 3.56. The summed E-state index contributed by atoms with van der Waals surface area (Å²) in [7, 11) is 0. The fourth-order valence-electron chi connectivity index (χ4n) is 1.41. The van der Waals surface area contributed by atoms with Gasteiger partial charge in [0.25, 0.3) is 0 Å². The number of aromatic carboxylic acids is 1. The first-order valence-electron chi connectivity index (χ1n) is 5.40. The van der Waals surface area contributed by atoms with Gasteiger partial charge in [-0.1, -0.05) is 12.1 Å². The Morgan fingerprint density at radius 2 is 1.58 bits per heavy atom. The average Bonchev–Trinajstić information content (AvgIpc) is 2.39. The van der Waals surface area contributed by atoms with Crippen LogP contribution in [0.2, 0.25) is 0 Å². The van der Waals surface area contributed by atoms with Crippen molar-refractivity contribution < 1.29 is 15.0 Å². The van der Waals surface area contributed by atoms with Gasteiger partial charge in [-0.25, -0.2) is 4.79 Å². The van der Waals surface area contributed by atoms with Gasteiger partial charge in [0.15, 0.2) is 0 Å². The molecule has 0 aliphatic carbocycles. The van der Waals surface area contributed by atoms with Gasteiger partial charge in [-0.15, -0.1) is 0 Å². The maximum absolute atomic E-state index is 10.8. The molecule has 5 heteroatoms. The summed E-state index contributed by atoms with van der Waals surface area (Å²) in [5.74, 6) is -1.53. The summed E-state index contributed by atoms with van der Waals surface area (Å²) in [6.07, 6.45) is 0. The monoisotopic (exact) mass is 254 g/mol. The number of carboxylic acids is 1. The second-order valence-electron chi connectivity index (χ2n) is 3.80. The maximum atomic E-state index is 10.8. The van der Waals surface area contributed by atoms with E-state index in [2.05, 4.69) is 10.2 Å². The smallest absolute Gasteiger partial charge is 0.339 e. The van der Waals surface area contributed by atoms with Gasteiger partial charge in [0.2, 0.25) is 0 Å². The molecular formula is C14H10N2O3. The SMILES string of the molecule is [CH]c1ccc(N=Nc2ccc(O)c(C(=O)O)c2)cc1. The van der Waals surface area contributed by atoms with Crippen LogP contribution < -0.4 is 0 Å². The average molecular weight is 254 g/mol. The molecule has 94 valence electrons. The quantitative estimate of drug-likeness (QED) is 0.821. The van der Waals surface area contributed by atoms with Gasteiger partial charge < -0.3 is 10.2 Å². The van der Waals surface area contributed by atoms with Gasteiger partial charge in [0, 0.05) is 0 Å². The molecule has 0 aromatic heterocycles. The molecule has 0 aliphatic heterocycles. The van der Waals surface area contributed by atoms with Crippen LogP contribution in [0, 0.1) is 6.92 Å². The molecule has 0 unspecified atom stereocenters. The van der Waals surface area contributed by atoms with Crippen LogP contribution in [0.25, 0.3) is 0 Å². The van der Waals surface area contributed by atoms with E-state index in [1.165, 1.54) is 18.2 Å². The molecule has 0 bridgehead atoms. The van der Waals surface area contributed by atoms with Crippen molar-refractivity contribution in [1.29, 1.82) is 0 Å². The number of phenols is 1. The van der Waals surface area contributed by atoms with E-state index >= 15 is 0 Å². The molecule has 2 radical (unpaired) electrons. The van der Waals surface area contributed by atoms with Crippen LogP contribution in [-0.2, 0) is 0 Å². The van der Waals surface area contributed by atoms with E-state index < -0.39 is 5.97 Å². The van der Waals surface area contributed by atoms with Crippen LogP contribution >= 0.6 is 0 Å². The third-order valence-electron chi connectivity index (χ3n) is 2.38.